The van der Waals surface area contributed by atoms with Gasteiger partial charge in [0.15, 0.2) is 0 Å². The highest BCUT2D eigenvalue weighted by Gasteiger charge is 2.19. The Kier molecular flexibility index (Phi) is 7.85. The largest absolute Gasteiger partial charge is 0.311 e. The first-order valence-electron chi connectivity index (χ1n) is 18.5. The van der Waals surface area contributed by atoms with Gasteiger partial charge in [-0.05, 0) is 99.3 Å². The van der Waals surface area contributed by atoms with Gasteiger partial charge in [-0.2, -0.15) is 0 Å². The molecule has 0 aliphatic carbocycles. The molecule has 0 fully saturated rings. The van der Waals surface area contributed by atoms with Crippen LogP contribution in [-0.4, -0.2) is 4.57 Å². The van der Waals surface area contributed by atoms with Gasteiger partial charge in [-0.25, -0.2) is 0 Å². The van der Waals surface area contributed by atoms with Crippen LogP contribution in [0.25, 0.3) is 71.6 Å². The fraction of sp³-hybridized carbons (Fsp3) is 0. The number of hydrogen-bond donors (Lipinski definition) is 0. The van der Waals surface area contributed by atoms with Crippen molar-refractivity contribution in [2.24, 2.45) is 0 Å². The monoisotopic (exact) mass is 688 g/mol. The summed E-state index contributed by atoms with van der Waals surface area (Å²) in [5, 5.41) is 5.02. The predicted molar refractivity (Wildman–Crippen MR) is 229 cm³/mol. The molecular weight excluding hydrogens is 653 g/mol. The molecule has 2 heteroatoms. The molecule has 254 valence electrons. The van der Waals surface area contributed by atoms with Crippen molar-refractivity contribution in [3.8, 4) is 39.1 Å². The van der Waals surface area contributed by atoms with E-state index >= 15 is 0 Å². The molecule has 1 heterocycles. The van der Waals surface area contributed by atoms with Gasteiger partial charge in [-0.1, -0.05) is 158 Å². The first-order chi connectivity index (χ1) is 26.8. The lowest BCUT2D eigenvalue weighted by molar-refractivity contribution is 1.18. The fourth-order valence-corrected chi connectivity index (χ4v) is 8.04. The Morgan fingerprint density at radius 2 is 0.852 bits per heavy atom. The molecule has 0 saturated heterocycles. The summed E-state index contributed by atoms with van der Waals surface area (Å²) in [6.45, 7) is 0. The van der Waals surface area contributed by atoms with Crippen molar-refractivity contribution in [1.82, 2.24) is 4.57 Å². The van der Waals surface area contributed by atoms with Crippen LogP contribution in [0.1, 0.15) is 0 Å². The number of fused-ring (bicyclic) bond motifs is 4. The summed E-state index contributed by atoms with van der Waals surface area (Å²) >= 11 is 0. The summed E-state index contributed by atoms with van der Waals surface area (Å²) in [6, 6.07) is 78.8. The van der Waals surface area contributed by atoms with Gasteiger partial charge in [0.2, 0.25) is 0 Å². The number of anilines is 3. The van der Waals surface area contributed by atoms with Crippen molar-refractivity contribution in [3.05, 3.63) is 218 Å². The van der Waals surface area contributed by atoms with Crippen LogP contribution >= 0.6 is 0 Å². The maximum atomic E-state index is 2.45. The number of aromatic nitrogens is 1. The summed E-state index contributed by atoms with van der Waals surface area (Å²) in [4.78, 5) is 2.33. The van der Waals surface area contributed by atoms with Crippen LogP contribution in [0.2, 0.25) is 0 Å². The number of nitrogens with zero attached hydrogens (tertiary/aromatic N) is 2. The normalized spacial score (nSPS) is 11.3. The molecule has 10 rings (SSSR count). The molecule has 0 bridgehead atoms. The zero-order chi connectivity index (χ0) is 35.8. The second-order valence-corrected chi connectivity index (χ2v) is 13.8. The minimum absolute atomic E-state index is 1.10. The number of hydrogen-bond acceptors (Lipinski definition) is 1. The third kappa shape index (κ3) is 5.53. The second kappa shape index (κ2) is 13.4. The number of para-hydroxylation sites is 3. The third-order valence-corrected chi connectivity index (χ3v) is 10.6. The predicted octanol–water partition coefficient (Wildman–Crippen LogP) is 14.4. The lowest BCUT2D eigenvalue weighted by Crippen LogP contribution is -2.09. The van der Waals surface area contributed by atoms with Crippen molar-refractivity contribution in [2.75, 3.05) is 4.90 Å². The smallest absolute Gasteiger partial charge is 0.0547 e. The number of benzene rings is 9. The maximum Gasteiger partial charge on any atom is 0.0547 e. The van der Waals surface area contributed by atoms with Gasteiger partial charge in [0.1, 0.15) is 0 Å². The van der Waals surface area contributed by atoms with Crippen LogP contribution in [0.5, 0.6) is 0 Å². The van der Waals surface area contributed by atoms with Gasteiger partial charge in [-0.15, -0.1) is 0 Å². The van der Waals surface area contributed by atoms with E-state index in [9.17, 15) is 0 Å². The van der Waals surface area contributed by atoms with Crippen molar-refractivity contribution in [1.29, 1.82) is 0 Å². The highest BCUT2D eigenvalue weighted by molar-refractivity contribution is 6.16. The molecule has 54 heavy (non-hydrogen) atoms. The molecular formula is C52H36N2. The van der Waals surface area contributed by atoms with E-state index < -0.39 is 0 Å². The van der Waals surface area contributed by atoms with Crippen molar-refractivity contribution in [2.45, 2.75) is 0 Å². The molecule has 0 unspecified atom stereocenters. The first kappa shape index (κ1) is 31.6. The maximum absolute atomic E-state index is 2.45. The Hall–Kier alpha value is -7.16. The molecule has 1 aromatic heterocycles. The van der Waals surface area contributed by atoms with E-state index in [-0.39, 0.29) is 0 Å². The Morgan fingerprint density at radius 1 is 0.315 bits per heavy atom. The molecule has 0 amide bonds. The molecule has 0 radical (unpaired) electrons. The molecule has 0 aliphatic rings. The summed E-state index contributed by atoms with van der Waals surface area (Å²) in [5.41, 5.74) is 14.1. The van der Waals surface area contributed by atoms with Crippen LogP contribution in [0, 0.1) is 0 Å². The van der Waals surface area contributed by atoms with E-state index in [1.54, 1.807) is 0 Å². The van der Waals surface area contributed by atoms with Crippen LogP contribution in [-0.2, 0) is 0 Å². The Balaban J connectivity index is 1.08. The van der Waals surface area contributed by atoms with Gasteiger partial charge < -0.3 is 9.47 Å². The summed E-state index contributed by atoms with van der Waals surface area (Å²) in [6.07, 6.45) is 0. The minimum Gasteiger partial charge on any atom is -0.311 e. The number of rotatable bonds is 7. The van der Waals surface area contributed by atoms with Gasteiger partial charge in [0, 0.05) is 33.4 Å². The van der Waals surface area contributed by atoms with E-state index in [2.05, 4.69) is 228 Å². The molecule has 0 aliphatic heterocycles. The topological polar surface area (TPSA) is 8.17 Å². The zero-order valence-corrected chi connectivity index (χ0v) is 29.7. The highest BCUT2D eigenvalue weighted by atomic mass is 15.1. The van der Waals surface area contributed by atoms with E-state index in [4.69, 9.17) is 0 Å². The summed E-state index contributed by atoms with van der Waals surface area (Å²) in [7, 11) is 0. The van der Waals surface area contributed by atoms with Crippen LogP contribution in [0.3, 0.4) is 0 Å². The lowest BCUT2D eigenvalue weighted by Gasteiger charge is -2.26. The Bertz CT molecular complexity index is 2910. The molecule has 10 aromatic rings. The SMILES string of the molecule is c1ccc(-c2ccc(N(c3ccccc3)c3ccc(-c4ccccc4-n4c5ccccc5c5c(-c6ccc7ccccc7c6)cccc54)cc3)cc2)cc1. The summed E-state index contributed by atoms with van der Waals surface area (Å²) in [5.74, 6) is 0. The first-order valence-corrected chi connectivity index (χ1v) is 18.5. The van der Waals surface area contributed by atoms with Crippen LogP contribution in [0.15, 0.2) is 218 Å². The molecule has 0 N–H and O–H groups in total. The van der Waals surface area contributed by atoms with E-state index in [0.717, 1.165) is 22.7 Å². The molecule has 9 aromatic carbocycles. The minimum atomic E-state index is 1.10. The molecule has 0 atom stereocenters. The van der Waals surface area contributed by atoms with Gasteiger partial charge >= 0.3 is 0 Å². The van der Waals surface area contributed by atoms with Gasteiger partial charge in [0.05, 0.1) is 16.7 Å². The zero-order valence-electron chi connectivity index (χ0n) is 29.7. The molecule has 2 nitrogen and oxygen atoms in total. The van der Waals surface area contributed by atoms with Crippen molar-refractivity contribution < 1.29 is 0 Å². The van der Waals surface area contributed by atoms with Crippen molar-refractivity contribution >= 4 is 49.6 Å². The molecule has 0 spiro atoms. The Morgan fingerprint density at radius 3 is 1.63 bits per heavy atom. The second-order valence-electron chi connectivity index (χ2n) is 13.8. The van der Waals surface area contributed by atoms with Gasteiger partial charge in [-0.3, -0.25) is 0 Å². The van der Waals surface area contributed by atoms with E-state index in [0.29, 0.717) is 0 Å². The van der Waals surface area contributed by atoms with Gasteiger partial charge in [0.25, 0.3) is 0 Å². The quantitative estimate of drug-likeness (QED) is 0.162. The van der Waals surface area contributed by atoms with Crippen LogP contribution in [0.4, 0.5) is 17.1 Å². The standard InChI is InChI=1S/C52H36N2/c1-3-14-37(15-4-1)39-28-32-44(33-29-39)53(43-18-5-2-6-19-43)45-34-30-40(31-35-45)46-20-9-11-23-49(46)54-50-24-12-10-21-48(50)52-47(22-13-25-51(52)54)42-27-26-38-16-7-8-17-41(38)36-42/h1-36H. The highest BCUT2D eigenvalue weighted by Crippen LogP contribution is 2.42. The van der Waals surface area contributed by atoms with E-state index in [1.165, 1.54) is 66.0 Å². The average molecular weight is 689 g/mol. The van der Waals surface area contributed by atoms with E-state index in [1.807, 2.05) is 0 Å². The average Bonchev–Trinajstić information content (AvgIpc) is 3.59. The van der Waals surface area contributed by atoms with Crippen LogP contribution < -0.4 is 4.90 Å². The third-order valence-electron chi connectivity index (χ3n) is 10.6. The van der Waals surface area contributed by atoms with Crippen molar-refractivity contribution in [3.63, 3.8) is 0 Å². The fourth-order valence-electron chi connectivity index (χ4n) is 8.04. The summed E-state index contributed by atoms with van der Waals surface area (Å²) < 4.78 is 2.45. The molecule has 0 saturated carbocycles. The lowest BCUT2D eigenvalue weighted by atomic mass is 9.97. The Labute approximate surface area is 315 Å².